The number of aromatic nitrogens is 2. The van der Waals surface area contributed by atoms with Gasteiger partial charge < -0.3 is 34.6 Å². The van der Waals surface area contributed by atoms with E-state index in [0.717, 1.165) is 62.1 Å². The molecule has 0 aliphatic carbocycles. The van der Waals surface area contributed by atoms with Crippen molar-refractivity contribution in [2.75, 3.05) is 79.6 Å². The van der Waals surface area contributed by atoms with Crippen LogP contribution in [0.25, 0.3) is 11.4 Å². The van der Waals surface area contributed by atoms with E-state index in [9.17, 15) is 4.79 Å². The van der Waals surface area contributed by atoms with Gasteiger partial charge in [-0.3, -0.25) is 0 Å². The molecule has 2 aliphatic rings. The number of nitrogens with one attached hydrogen (secondary N) is 2. The number of amides is 2. The zero-order valence-corrected chi connectivity index (χ0v) is 21.0. The summed E-state index contributed by atoms with van der Waals surface area (Å²) in [4.78, 5) is 26.3. The minimum Gasteiger partial charge on any atom is -0.488 e. The van der Waals surface area contributed by atoms with Crippen LogP contribution in [-0.4, -0.2) is 75.2 Å². The molecule has 2 N–H and O–H groups in total. The molecular weight excluding hydrogens is 472 g/mol. The second-order valence-corrected chi connectivity index (χ2v) is 8.72. The maximum Gasteiger partial charge on any atom is 0.323 e. The van der Waals surface area contributed by atoms with Crippen LogP contribution in [0.4, 0.5) is 27.7 Å². The van der Waals surface area contributed by atoms with E-state index in [1.807, 2.05) is 55.5 Å². The summed E-state index contributed by atoms with van der Waals surface area (Å²) in [5.41, 5.74) is 3.37. The van der Waals surface area contributed by atoms with Crippen molar-refractivity contribution in [3.05, 3.63) is 54.7 Å². The Bertz CT molecular complexity index is 1180. The Morgan fingerprint density at radius 3 is 2.03 bits per heavy atom. The lowest BCUT2D eigenvalue weighted by Crippen LogP contribution is -2.37. The van der Waals surface area contributed by atoms with Gasteiger partial charge in [0.2, 0.25) is 0 Å². The topological polar surface area (TPSA) is 101 Å². The molecule has 0 saturated carbocycles. The van der Waals surface area contributed by atoms with Crippen LogP contribution in [0.2, 0.25) is 0 Å². The van der Waals surface area contributed by atoms with E-state index < -0.39 is 0 Å². The molecule has 10 nitrogen and oxygen atoms in total. The summed E-state index contributed by atoms with van der Waals surface area (Å²) in [7, 11) is 0. The Balaban J connectivity index is 1.21. The fourth-order valence-corrected chi connectivity index (χ4v) is 4.33. The molecule has 2 fully saturated rings. The van der Waals surface area contributed by atoms with Crippen LogP contribution in [0.15, 0.2) is 54.7 Å². The molecule has 10 heteroatoms. The number of anilines is 4. The monoisotopic (exact) mass is 504 g/mol. The Morgan fingerprint density at radius 2 is 1.43 bits per heavy atom. The summed E-state index contributed by atoms with van der Waals surface area (Å²) in [5.74, 6) is 2.04. The van der Waals surface area contributed by atoms with E-state index in [1.165, 1.54) is 0 Å². The maximum atomic E-state index is 12.5. The standard InChI is InChI=1S/C27H32N6O4/c1-2-37-24-19-28-25(31-26(24)33-13-17-36-18-14-33)20-3-5-21(6-4-20)29-27(34)30-22-7-9-23(10-8-22)32-11-15-35-16-12-32/h3-10,19H,2,11-18H2,1H3,(H2,29,30,34). The highest BCUT2D eigenvalue weighted by Crippen LogP contribution is 2.29. The van der Waals surface area contributed by atoms with Crippen molar-refractivity contribution >= 4 is 28.9 Å². The molecular formula is C27H32N6O4. The first kappa shape index (κ1) is 24.8. The molecule has 1 aromatic heterocycles. The van der Waals surface area contributed by atoms with E-state index >= 15 is 0 Å². The van der Waals surface area contributed by atoms with Crippen LogP contribution in [-0.2, 0) is 9.47 Å². The number of rotatable bonds is 7. The molecule has 2 amide bonds. The third kappa shape index (κ3) is 6.28. The first-order chi connectivity index (χ1) is 18.2. The van der Waals surface area contributed by atoms with Crippen molar-refractivity contribution in [2.45, 2.75) is 6.92 Å². The number of ether oxygens (including phenoxy) is 3. The maximum absolute atomic E-state index is 12.5. The molecule has 0 spiro atoms. The summed E-state index contributed by atoms with van der Waals surface area (Å²) in [6, 6.07) is 15.0. The first-order valence-corrected chi connectivity index (χ1v) is 12.6. The SMILES string of the molecule is CCOc1cnc(-c2ccc(NC(=O)Nc3ccc(N4CCOCC4)cc3)cc2)nc1N1CCOCC1. The third-order valence-corrected chi connectivity index (χ3v) is 6.25. The molecule has 5 rings (SSSR count). The van der Waals surface area contributed by atoms with Gasteiger partial charge in [-0.2, -0.15) is 0 Å². The average molecular weight is 505 g/mol. The number of nitrogens with zero attached hydrogens (tertiary/aromatic N) is 4. The van der Waals surface area contributed by atoms with E-state index in [4.69, 9.17) is 19.2 Å². The summed E-state index contributed by atoms with van der Waals surface area (Å²) in [5, 5.41) is 5.76. The normalized spacial score (nSPS) is 15.8. The lowest BCUT2D eigenvalue weighted by Gasteiger charge is -2.29. The van der Waals surface area contributed by atoms with Gasteiger partial charge in [-0.25, -0.2) is 14.8 Å². The highest BCUT2D eigenvalue weighted by molar-refractivity contribution is 5.99. The molecule has 0 bridgehead atoms. The summed E-state index contributed by atoms with van der Waals surface area (Å²) >= 11 is 0. The van der Waals surface area contributed by atoms with Gasteiger partial charge in [0.25, 0.3) is 0 Å². The molecule has 0 unspecified atom stereocenters. The highest BCUT2D eigenvalue weighted by atomic mass is 16.5. The Morgan fingerprint density at radius 1 is 0.865 bits per heavy atom. The van der Waals surface area contributed by atoms with Gasteiger partial charge in [-0.15, -0.1) is 0 Å². The van der Waals surface area contributed by atoms with Gasteiger partial charge in [0.05, 0.1) is 39.2 Å². The van der Waals surface area contributed by atoms with E-state index in [-0.39, 0.29) is 6.03 Å². The number of hydrogen-bond acceptors (Lipinski definition) is 8. The fraction of sp³-hybridized carbons (Fsp3) is 0.370. The van der Waals surface area contributed by atoms with Crippen molar-refractivity contribution in [1.82, 2.24) is 9.97 Å². The second kappa shape index (κ2) is 11.9. The van der Waals surface area contributed by atoms with Gasteiger partial charge >= 0.3 is 6.03 Å². The molecule has 194 valence electrons. The van der Waals surface area contributed by atoms with Crippen LogP contribution < -0.4 is 25.2 Å². The quantitative estimate of drug-likeness (QED) is 0.500. The van der Waals surface area contributed by atoms with Crippen LogP contribution in [0.1, 0.15) is 6.92 Å². The summed E-state index contributed by atoms with van der Waals surface area (Å²) in [6.07, 6.45) is 1.72. The largest absolute Gasteiger partial charge is 0.488 e. The zero-order chi connectivity index (χ0) is 25.5. The number of benzene rings is 2. The molecule has 3 heterocycles. The van der Waals surface area contributed by atoms with Crippen molar-refractivity contribution in [3.8, 4) is 17.1 Å². The van der Waals surface area contributed by atoms with Crippen molar-refractivity contribution in [1.29, 1.82) is 0 Å². The summed E-state index contributed by atoms with van der Waals surface area (Å²) < 4.78 is 16.6. The smallest absolute Gasteiger partial charge is 0.323 e. The molecule has 2 saturated heterocycles. The van der Waals surface area contributed by atoms with E-state index in [1.54, 1.807) is 6.20 Å². The van der Waals surface area contributed by atoms with Crippen LogP contribution >= 0.6 is 0 Å². The first-order valence-electron chi connectivity index (χ1n) is 12.6. The molecule has 0 atom stereocenters. The lowest BCUT2D eigenvalue weighted by atomic mass is 10.2. The predicted molar refractivity (Wildman–Crippen MR) is 144 cm³/mol. The zero-order valence-electron chi connectivity index (χ0n) is 21.0. The van der Waals surface area contributed by atoms with Crippen LogP contribution in [0.3, 0.4) is 0 Å². The minimum atomic E-state index is -0.307. The number of carbonyl (C=O) groups is 1. The summed E-state index contributed by atoms with van der Waals surface area (Å²) in [6.45, 7) is 8.53. The number of carbonyl (C=O) groups excluding carboxylic acids is 1. The van der Waals surface area contributed by atoms with Gasteiger partial charge in [-0.05, 0) is 55.5 Å². The van der Waals surface area contributed by atoms with Crippen LogP contribution in [0, 0.1) is 0 Å². The Kier molecular flexibility index (Phi) is 7.97. The van der Waals surface area contributed by atoms with Crippen molar-refractivity contribution < 1.29 is 19.0 Å². The average Bonchev–Trinajstić information content (AvgIpc) is 2.95. The van der Waals surface area contributed by atoms with Gasteiger partial charge in [0.1, 0.15) is 0 Å². The van der Waals surface area contributed by atoms with Crippen molar-refractivity contribution in [2.24, 2.45) is 0 Å². The molecule has 0 radical (unpaired) electrons. The van der Waals surface area contributed by atoms with Gasteiger partial charge in [0.15, 0.2) is 17.4 Å². The number of hydrogen-bond donors (Lipinski definition) is 2. The van der Waals surface area contributed by atoms with Gasteiger partial charge in [0, 0.05) is 48.8 Å². The predicted octanol–water partition coefficient (Wildman–Crippen LogP) is 3.86. The molecule has 37 heavy (non-hydrogen) atoms. The number of morpholine rings is 2. The lowest BCUT2D eigenvalue weighted by molar-refractivity contribution is 0.122. The molecule has 2 aliphatic heterocycles. The third-order valence-electron chi connectivity index (χ3n) is 6.25. The number of urea groups is 1. The second-order valence-electron chi connectivity index (χ2n) is 8.72. The molecule has 2 aromatic carbocycles. The Labute approximate surface area is 216 Å². The van der Waals surface area contributed by atoms with Crippen molar-refractivity contribution in [3.63, 3.8) is 0 Å². The van der Waals surface area contributed by atoms with Gasteiger partial charge in [-0.1, -0.05) is 0 Å². The van der Waals surface area contributed by atoms with Crippen LogP contribution in [0.5, 0.6) is 5.75 Å². The molecule has 3 aromatic rings. The Hall–Kier alpha value is -3.89. The fourth-order valence-electron chi connectivity index (χ4n) is 4.33. The van der Waals surface area contributed by atoms with E-state index in [0.29, 0.717) is 37.1 Å². The highest BCUT2D eigenvalue weighted by Gasteiger charge is 2.19. The minimum absolute atomic E-state index is 0.307. The van der Waals surface area contributed by atoms with E-state index in [2.05, 4.69) is 25.4 Å².